The fourth-order valence-corrected chi connectivity index (χ4v) is 3.45. The summed E-state index contributed by atoms with van der Waals surface area (Å²) >= 11 is 0. The average Bonchev–Trinajstić information content (AvgIpc) is 3.17. The van der Waals surface area contributed by atoms with Gasteiger partial charge in [0.1, 0.15) is 11.6 Å². The third kappa shape index (κ3) is 2.74. The molecule has 23 heavy (non-hydrogen) atoms. The van der Waals surface area contributed by atoms with Gasteiger partial charge in [0.2, 0.25) is 5.91 Å². The summed E-state index contributed by atoms with van der Waals surface area (Å²) in [6, 6.07) is 9.72. The van der Waals surface area contributed by atoms with Gasteiger partial charge in [-0.1, -0.05) is 18.2 Å². The molecule has 4 rings (SSSR count). The maximum atomic E-state index is 12.6. The number of nitrogens with one attached hydrogen (secondary N) is 1. The van der Waals surface area contributed by atoms with Gasteiger partial charge >= 0.3 is 0 Å². The van der Waals surface area contributed by atoms with Crippen LogP contribution in [0.15, 0.2) is 30.3 Å². The zero-order valence-electron chi connectivity index (χ0n) is 13.1. The van der Waals surface area contributed by atoms with Crippen molar-refractivity contribution < 1.29 is 4.79 Å². The molecule has 0 aliphatic carbocycles. The lowest BCUT2D eigenvalue weighted by atomic mass is 10.1. The van der Waals surface area contributed by atoms with E-state index < -0.39 is 0 Å². The highest BCUT2D eigenvalue weighted by Gasteiger charge is 2.32. The molecule has 6 heteroatoms. The Balaban J connectivity index is 1.41. The first-order chi connectivity index (χ1) is 11.3. The Bertz CT molecular complexity index is 696. The summed E-state index contributed by atoms with van der Waals surface area (Å²) in [6.45, 7) is 2.36. The minimum absolute atomic E-state index is 0.133. The van der Waals surface area contributed by atoms with E-state index in [1.807, 2.05) is 35.2 Å². The average molecular weight is 311 g/mol. The summed E-state index contributed by atoms with van der Waals surface area (Å²) in [5.74, 6) is 2.18. The standard InChI is InChI=1S/C17H21N5O/c23-17-14(9-11-21(17)13-6-2-1-3-7-13)18-12-16-20-19-15-8-4-5-10-22(15)16/h1-3,6-7,14,18H,4-5,8-12H2/t14-/m1/s1. The number of para-hydroxylation sites is 1. The highest BCUT2D eigenvalue weighted by molar-refractivity contribution is 5.99. The molecule has 1 atom stereocenters. The molecule has 0 saturated carbocycles. The van der Waals surface area contributed by atoms with E-state index in [4.69, 9.17) is 0 Å². The van der Waals surface area contributed by atoms with E-state index in [0.29, 0.717) is 6.54 Å². The van der Waals surface area contributed by atoms with Gasteiger partial charge in [-0.2, -0.15) is 0 Å². The predicted molar refractivity (Wildman–Crippen MR) is 87.0 cm³/mol. The minimum atomic E-state index is -0.133. The third-order valence-corrected chi connectivity index (χ3v) is 4.72. The van der Waals surface area contributed by atoms with Crippen LogP contribution in [0.1, 0.15) is 30.9 Å². The second-order valence-electron chi connectivity index (χ2n) is 6.19. The molecule has 120 valence electrons. The Morgan fingerprint density at radius 1 is 1.13 bits per heavy atom. The second kappa shape index (κ2) is 6.12. The van der Waals surface area contributed by atoms with E-state index in [1.165, 1.54) is 12.8 Å². The number of fused-ring (bicyclic) bond motifs is 1. The van der Waals surface area contributed by atoms with Gasteiger partial charge in [-0.15, -0.1) is 10.2 Å². The van der Waals surface area contributed by atoms with Crippen LogP contribution in [-0.2, 0) is 24.3 Å². The van der Waals surface area contributed by atoms with Crippen molar-refractivity contribution in [2.45, 2.75) is 44.8 Å². The molecule has 3 heterocycles. The maximum Gasteiger partial charge on any atom is 0.244 e. The fourth-order valence-electron chi connectivity index (χ4n) is 3.45. The first-order valence-electron chi connectivity index (χ1n) is 8.34. The molecule has 1 aromatic carbocycles. The number of hydrogen-bond donors (Lipinski definition) is 1. The van der Waals surface area contributed by atoms with Crippen molar-refractivity contribution in [3.05, 3.63) is 42.0 Å². The van der Waals surface area contributed by atoms with Crippen molar-refractivity contribution in [3.8, 4) is 0 Å². The van der Waals surface area contributed by atoms with Crippen LogP contribution in [0.25, 0.3) is 0 Å². The summed E-state index contributed by atoms with van der Waals surface area (Å²) < 4.78 is 2.20. The van der Waals surface area contributed by atoms with E-state index in [-0.39, 0.29) is 11.9 Å². The predicted octanol–water partition coefficient (Wildman–Crippen LogP) is 1.51. The maximum absolute atomic E-state index is 12.6. The number of hydrogen-bond acceptors (Lipinski definition) is 4. The van der Waals surface area contributed by atoms with Crippen molar-refractivity contribution >= 4 is 11.6 Å². The lowest BCUT2D eigenvalue weighted by molar-refractivity contribution is -0.118. The summed E-state index contributed by atoms with van der Waals surface area (Å²) in [6.07, 6.45) is 4.22. The van der Waals surface area contributed by atoms with Crippen molar-refractivity contribution in [2.75, 3.05) is 11.4 Å². The first kappa shape index (κ1) is 14.4. The van der Waals surface area contributed by atoms with Crippen LogP contribution in [0, 0.1) is 0 Å². The van der Waals surface area contributed by atoms with E-state index in [9.17, 15) is 4.79 Å². The van der Waals surface area contributed by atoms with E-state index >= 15 is 0 Å². The van der Waals surface area contributed by atoms with Crippen molar-refractivity contribution in [1.29, 1.82) is 0 Å². The Morgan fingerprint density at radius 3 is 2.87 bits per heavy atom. The quantitative estimate of drug-likeness (QED) is 0.930. The molecule has 2 aromatic rings. The van der Waals surface area contributed by atoms with Crippen LogP contribution in [-0.4, -0.2) is 33.3 Å². The molecular weight excluding hydrogens is 290 g/mol. The summed E-state index contributed by atoms with van der Waals surface area (Å²) in [5, 5.41) is 11.9. The summed E-state index contributed by atoms with van der Waals surface area (Å²) in [7, 11) is 0. The van der Waals surface area contributed by atoms with Crippen LogP contribution < -0.4 is 10.2 Å². The Kier molecular flexibility index (Phi) is 3.83. The molecule has 1 amide bonds. The van der Waals surface area contributed by atoms with Gasteiger partial charge in [0.15, 0.2) is 0 Å². The van der Waals surface area contributed by atoms with Crippen LogP contribution in [0.2, 0.25) is 0 Å². The Morgan fingerprint density at radius 2 is 2.00 bits per heavy atom. The molecule has 1 N–H and O–H groups in total. The molecule has 2 aliphatic rings. The van der Waals surface area contributed by atoms with E-state index in [0.717, 1.165) is 43.3 Å². The third-order valence-electron chi connectivity index (χ3n) is 4.72. The SMILES string of the molecule is O=C1[C@H](NCc2nnc3n2CCCC3)CCN1c1ccccc1. The number of aromatic nitrogens is 3. The van der Waals surface area contributed by atoms with Gasteiger partial charge in [-0.25, -0.2) is 0 Å². The van der Waals surface area contributed by atoms with Crippen molar-refractivity contribution in [2.24, 2.45) is 0 Å². The van der Waals surface area contributed by atoms with Crippen molar-refractivity contribution in [3.63, 3.8) is 0 Å². The molecule has 1 aromatic heterocycles. The topological polar surface area (TPSA) is 63.1 Å². The van der Waals surface area contributed by atoms with Crippen molar-refractivity contribution in [1.82, 2.24) is 20.1 Å². The molecule has 0 bridgehead atoms. The van der Waals surface area contributed by atoms with Crippen LogP contribution >= 0.6 is 0 Å². The lowest BCUT2D eigenvalue weighted by Gasteiger charge is -2.18. The Labute approximate surface area is 135 Å². The van der Waals surface area contributed by atoms with Crippen LogP contribution in [0.4, 0.5) is 5.69 Å². The molecule has 6 nitrogen and oxygen atoms in total. The van der Waals surface area contributed by atoms with Gasteiger partial charge in [-0.3, -0.25) is 10.1 Å². The first-order valence-corrected chi connectivity index (χ1v) is 8.34. The molecule has 0 unspecified atom stereocenters. The lowest BCUT2D eigenvalue weighted by Crippen LogP contribution is -2.38. The molecular formula is C17H21N5O. The van der Waals surface area contributed by atoms with Gasteiger partial charge in [0.05, 0.1) is 12.6 Å². The number of amides is 1. The van der Waals surface area contributed by atoms with Gasteiger partial charge in [0, 0.05) is 25.2 Å². The van der Waals surface area contributed by atoms with Gasteiger partial charge in [-0.05, 0) is 31.4 Å². The van der Waals surface area contributed by atoms with Gasteiger partial charge in [0.25, 0.3) is 0 Å². The number of aryl methyl sites for hydroxylation is 1. The molecule has 2 aliphatic heterocycles. The fraction of sp³-hybridized carbons (Fsp3) is 0.471. The zero-order valence-corrected chi connectivity index (χ0v) is 13.1. The van der Waals surface area contributed by atoms with Gasteiger partial charge < -0.3 is 9.47 Å². The minimum Gasteiger partial charge on any atom is -0.314 e. The number of rotatable bonds is 4. The number of nitrogens with zero attached hydrogens (tertiary/aromatic N) is 4. The number of carbonyl (C=O) groups excluding carboxylic acids is 1. The number of anilines is 1. The summed E-state index contributed by atoms with van der Waals surface area (Å²) in [5.41, 5.74) is 0.974. The van der Waals surface area contributed by atoms with Crippen LogP contribution in [0.3, 0.4) is 0 Å². The molecule has 0 radical (unpaired) electrons. The largest absolute Gasteiger partial charge is 0.314 e. The molecule has 1 fully saturated rings. The van der Waals surface area contributed by atoms with E-state index in [2.05, 4.69) is 20.1 Å². The summed E-state index contributed by atoms with van der Waals surface area (Å²) in [4.78, 5) is 14.4. The number of carbonyl (C=O) groups is 1. The van der Waals surface area contributed by atoms with Crippen LogP contribution in [0.5, 0.6) is 0 Å². The normalized spacial score (nSPS) is 20.8. The highest BCUT2D eigenvalue weighted by atomic mass is 16.2. The Hall–Kier alpha value is -2.21. The number of benzene rings is 1. The second-order valence-corrected chi connectivity index (χ2v) is 6.19. The zero-order chi connectivity index (χ0) is 15.6. The smallest absolute Gasteiger partial charge is 0.244 e. The van der Waals surface area contributed by atoms with E-state index in [1.54, 1.807) is 0 Å². The molecule has 0 spiro atoms. The molecule has 1 saturated heterocycles. The highest BCUT2D eigenvalue weighted by Crippen LogP contribution is 2.21. The monoisotopic (exact) mass is 311 g/mol.